The van der Waals surface area contributed by atoms with Crippen LogP contribution in [0.4, 0.5) is 0 Å². The number of carbonyl (C=O) groups excluding carboxylic acids is 1. The van der Waals surface area contributed by atoms with E-state index in [0.29, 0.717) is 26.1 Å². The van der Waals surface area contributed by atoms with E-state index in [2.05, 4.69) is 10.4 Å². The average molecular weight is 225 g/mol. The zero-order valence-corrected chi connectivity index (χ0v) is 9.90. The van der Waals surface area contributed by atoms with Crippen molar-refractivity contribution in [1.29, 1.82) is 0 Å². The Balaban J connectivity index is 2.13. The van der Waals surface area contributed by atoms with Crippen LogP contribution in [0.3, 0.4) is 0 Å². The Morgan fingerprint density at radius 1 is 1.62 bits per heavy atom. The fraction of sp³-hybridized carbons (Fsp3) is 0.636. The van der Waals surface area contributed by atoms with Crippen LogP contribution >= 0.6 is 0 Å². The minimum atomic E-state index is 0.220. The monoisotopic (exact) mass is 225 g/mol. The molecule has 0 amide bonds. The molecule has 1 heterocycles. The van der Waals surface area contributed by atoms with Crippen molar-refractivity contribution >= 4 is 5.78 Å². The fourth-order valence-corrected chi connectivity index (χ4v) is 1.40. The van der Waals surface area contributed by atoms with Crippen molar-refractivity contribution in [2.75, 3.05) is 26.8 Å². The molecule has 0 aliphatic heterocycles. The maximum absolute atomic E-state index is 11.5. The molecule has 90 valence electrons. The molecular weight excluding hydrogens is 206 g/mol. The second-order valence-corrected chi connectivity index (χ2v) is 3.65. The summed E-state index contributed by atoms with van der Waals surface area (Å²) < 4.78 is 6.67. The molecule has 1 rings (SSSR count). The Labute approximate surface area is 95.8 Å². The van der Waals surface area contributed by atoms with Gasteiger partial charge in [0.25, 0.3) is 0 Å². The number of carbonyl (C=O) groups is 1. The van der Waals surface area contributed by atoms with Gasteiger partial charge in [-0.15, -0.1) is 0 Å². The quantitative estimate of drug-likeness (QED) is 0.640. The van der Waals surface area contributed by atoms with E-state index in [1.807, 2.05) is 13.1 Å². The van der Waals surface area contributed by atoms with Gasteiger partial charge in [0.1, 0.15) is 5.78 Å². The molecule has 5 heteroatoms. The highest BCUT2D eigenvalue weighted by atomic mass is 16.5. The molecule has 16 heavy (non-hydrogen) atoms. The lowest BCUT2D eigenvalue weighted by Crippen LogP contribution is -2.26. The lowest BCUT2D eigenvalue weighted by atomic mass is 10.2. The zero-order chi connectivity index (χ0) is 11.8. The predicted octanol–water partition coefficient (Wildman–Crippen LogP) is 0.158. The van der Waals surface area contributed by atoms with Crippen molar-refractivity contribution in [2.24, 2.45) is 7.05 Å². The number of Topliss-reactive ketones (excluding diaryl/α,β-unsaturated/α-hetero) is 1. The van der Waals surface area contributed by atoms with Crippen LogP contribution < -0.4 is 5.32 Å². The molecule has 0 aromatic carbocycles. The minimum absolute atomic E-state index is 0.220. The third-order valence-corrected chi connectivity index (χ3v) is 2.39. The van der Waals surface area contributed by atoms with Gasteiger partial charge in [0.05, 0.1) is 13.2 Å². The van der Waals surface area contributed by atoms with Gasteiger partial charge in [-0.25, -0.2) is 0 Å². The van der Waals surface area contributed by atoms with E-state index in [1.165, 1.54) is 0 Å². The van der Waals surface area contributed by atoms with E-state index < -0.39 is 0 Å². The molecule has 0 atom stereocenters. The summed E-state index contributed by atoms with van der Waals surface area (Å²) >= 11 is 0. The summed E-state index contributed by atoms with van der Waals surface area (Å²) in [6, 6.07) is 1.94. The number of ether oxygens (including phenoxy) is 1. The number of nitrogens with one attached hydrogen (secondary N) is 1. The van der Waals surface area contributed by atoms with Gasteiger partial charge in [0.15, 0.2) is 0 Å². The number of rotatable bonds is 8. The third-order valence-electron chi connectivity index (χ3n) is 2.39. The SMILES string of the molecule is COCCNCC(=O)CCc1ccnn1C. The zero-order valence-electron chi connectivity index (χ0n) is 9.90. The Hall–Kier alpha value is -1.20. The highest BCUT2D eigenvalue weighted by Crippen LogP contribution is 2.00. The molecule has 5 nitrogen and oxygen atoms in total. The van der Waals surface area contributed by atoms with Gasteiger partial charge in [-0.2, -0.15) is 5.10 Å². The van der Waals surface area contributed by atoms with Crippen molar-refractivity contribution in [3.8, 4) is 0 Å². The first-order valence-corrected chi connectivity index (χ1v) is 5.42. The smallest absolute Gasteiger partial charge is 0.147 e. The van der Waals surface area contributed by atoms with Crippen LogP contribution in [0.25, 0.3) is 0 Å². The first kappa shape index (κ1) is 12.9. The molecule has 0 unspecified atom stereocenters. The number of hydrogen-bond donors (Lipinski definition) is 1. The van der Waals surface area contributed by atoms with Crippen molar-refractivity contribution in [3.63, 3.8) is 0 Å². The normalized spacial score (nSPS) is 10.6. The largest absolute Gasteiger partial charge is 0.383 e. The molecule has 0 saturated heterocycles. The summed E-state index contributed by atoms with van der Waals surface area (Å²) in [6.07, 6.45) is 3.05. The molecule has 1 N–H and O–H groups in total. The van der Waals surface area contributed by atoms with Crippen LogP contribution in [0, 0.1) is 0 Å². The first-order valence-electron chi connectivity index (χ1n) is 5.42. The van der Waals surface area contributed by atoms with Crippen LogP contribution in [0.15, 0.2) is 12.3 Å². The minimum Gasteiger partial charge on any atom is -0.383 e. The third kappa shape index (κ3) is 4.55. The molecule has 0 bridgehead atoms. The van der Waals surface area contributed by atoms with Crippen LogP contribution in [0.5, 0.6) is 0 Å². The Morgan fingerprint density at radius 2 is 2.44 bits per heavy atom. The topological polar surface area (TPSA) is 56.1 Å². The van der Waals surface area contributed by atoms with Crippen molar-refractivity contribution in [3.05, 3.63) is 18.0 Å². The molecule has 0 aliphatic rings. The number of aryl methyl sites for hydroxylation is 2. The number of methoxy groups -OCH3 is 1. The van der Waals surface area contributed by atoms with E-state index in [9.17, 15) is 4.79 Å². The van der Waals surface area contributed by atoms with Gasteiger partial charge in [-0.1, -0.05) is 0 Å². The Kier molecular flexibility index (Phi) is 5.74. The second kappa shape index (κ2) is 7.14. The second-order valence-electron chi connectivity index (χ2n) is 3.65. The van der Waals surface area contributed by atoms with Gasteiger partial charge in [0.2, 0.25) is 0 Å². The fourth-order valence-electron chi connectivity index (χ4n) is 1.40. The standard InChI is InChI=1S/C11H19N3O2/c1-14-10(5-6-13-14)3-4-11(15)9-12-7-8-16-2/h5-6,12H,3-4,7-9H2,1-2H3. The van der Waals surface area contributed by atoms with Crippen LogP contribution in [0.2, 0.25) is 0 Å². The van der Waals surface area contributed by atoms with E-state index in [4.69, 9.17) is 4.74 Å². The Morgan fingerprint density at radius 3 is 3.06 bits per heavy atom. The van der Waals surface area contributed by atoms with Crippen molar-refractivity contribution in [2.45, 2.75) is 12.8 Å². The van der Waals surface area contributed by atoms with E-state index in [1.54, 1.807) is 18.0 Å². The first-order chi connectivity index (χ1) is 7.74. The summed E-state index contributed by atoms with van der Waals surface area (Å²) in [5.41, 5.74) is 1.09. The molecule has 0 fully saturated rings. The lowest BCUT2D eigenvalue weighted by molar-refractivity contribution is -0.118. The van der Waals surface area contributed by atoms with Crippen molar-refractivity contribution < 1.29 is 9.53 Å². The lowest BCUT2D eigenvalue weighted by Gasteiger charge is -2.04. The van der Waals surface area contributed by atoms with E-state index in [0.717, 1.165) is 12.1 Å². The van der Waals surface area contributed by atoms with Gasteiger partial charge in [0, 0.05) is 39.0 Å². The molecule has 0 saturated carbocycles. The van der Waals surface area contributed by atoms with Crippen LogP contribution in [-0.4, -0.2) is 42.4 Å². The molecular formula is C11H19N3O2. The maximum atomic E-state index is 11.5. The maximum Gasteiger partial charge on any atom is 0.147 e. The van der Waals surface area contributed by atoms with Gasteiger partial charge in [-0.3, -0.25) is 9.48 Å². The molecule has 1 aromatic rings. The number of hydrogen-bond acceptors (Lipinski definition) is 4. The molecule has 0 spiro atoms. The number of nitrogens with zero attached hydrogens (tertiary/aromatic N) is 2. The highest BCUT2D eigenvalue weighted by Gasteiger charge is 2.04. The van der Waals surface area contributed by atoms with Gasteiger partial charge >= 0.3 is 0 Å². The van der Waals surface area contributed by atoms with Crippen LogP contribution in [0.1, 0.15) is 12.1 Å². The summed E-state index contributed by atoms with van der Waals surface area (Å²) in [5, 5.41) is 7.09. The van der Waals surface area contributed by atoms with E-state index >= 15 is 0 Å². The average Bonchev–Trinajstić information content (AvgIpc) is 2.67. The number of aromatic nitrogens is 2. The summed E-state index contributed by atoms with van der Waals surface area (Å²) in [7, 11) is 3.53. The summed E-state index contributed by atoms with van der Waals surface area (Å²) in [5.74, 6) is 0.220. The van der Waals surface area contributed by atoms with E-state index in [-0.39, 0.29) is 5.78 Å². The van der Waals surface area contributed by atoms with Crippen molar-refractivity contribution in [1.82, 2.24) is 15.1 Å². The van der Waals surface area contributed by atoms with Gasteiger partial charge < -0.3 is 10.1 Å². The number of ketones is 1. The van der Waals surface area contributed by atoms with Crippen LogP contribution in [-0.2, 0) is 23.0 Å². The highest BCUT2D eigenvalue weighted by molar-refractivity contribution is 5.80. The molecule has 0 radical (unpaired) electrons. The molecule has 1 aromatic heterocycles. The predicted molar refractivity (Wildman–Crippen MR) is 61.3 cm³/mol. The Bertz CT molecular complexity index is 323. The molecule has 0 aliphatic carbocycles. The summed E-state index contributed by atoms with van der Waals surface area (Å²) in [4.78, 5) is 11.5. The summed E-state index contributed by atoms with van der Waals surface area (Å²) in [6.45, 7) is 1.77. The van der Waals surface area contributed by atoms with Gasteiger partial charge in [-0.05, 0) is 12.5 Å².